The number of carbonyl (C=O) groups is 2. The number of ether oxygens (including phenoxy) is 3. The third-order valence-electron chi connectivity index (χ3n) is 5.83. The Bertz CT molecular complexity index is 757. The molecule has 0 spiro atoms. The molecule has 2 heterocycles. The van der Waals surface area contributed by atoms with Crippen molar-refractivity contribution in [2.45, 2.75) is 62.2 Å². The molecule has 8 atom stereocenters. The lowest BCUT2D eigenvalue weighted by molar-refractivity contribution is -0.299. The Kier molecular flexibility index (Phi) is 7.76. The topological polar surface area (TPSA) is 163 Å². The molecule has 0 radical (unpaired) electrons. The minimum Gasteiger partial charge on any atom is -0.454 e. The van der Waals surface area contributed by atoms with Crippen molar-refractivity contribution in [3.8, 4) is 0 Å². The highest BCUT2D eigenvalue weighted by atomic mass is 16.7. The lowest BCUT2D eigenvalue weighted by atomic mass is 9.85. The van der Waals surface area contributed by atoms with Crippen LogP contribution in [0.1, 0.15) is 19.3 Å². The van der Waals surface area contributed by atoms with E-state index in [2.05, 4.69) is 6.58 Å². The quantitative estimate of drug-likeness (QED) is 0.147. The molecule has 5 N–H and O–H groups in total. The van der Waals surface area contributed by atoms with Crippen LogP contribution in [0.4, 0.5) is 0 Å². The SMILES string of the molecule is C=C1C(=O)OC2C=C(COC3OC(CO)C(O)C(O)C3O)CCC=C(C=O)CC(O)C12. The van der Waals surface area contributed by atoms with Crippen LogP contribution in [-0.2, 0) is 23.8 Å². The van der Waals surface area contributed by atoms with Crippen LogP contribution in [0.15, 0.2) is 35.5 Å². The van der Waals surface area contributed by atoms with Crippen LogP contribution in [-0.4, -0.2) is 93.9 Å². The van der Waals surface area contributed by atoms with Crippen molar-refractivity contribution < 1.29 is 49.3 Å². The summed E-state index contributed by atoms with van der Waals surface area (Å²) in [5, 5.41) is 49.8. The lowest BCUT2D eigenvalue weighted by Gasteiger charge is -2.39. The predicted octanol–water partition coefficient (Wildman–Crippen LogP) is -1.50. The van der Waals surface area contributed by atoms with Gasteiger partial charge < -0.3 is 39.7 Å². The van der Waals surface area contributed by atoms with Gasteiger partial charge in [-0.15, -0.1) is 0 Å². The molecule has 3 aliphatic rings. The molecular weight excluding hydrogens is 412 g/mol. The highest BCUT2D eigenvalue weighted by molar-refractivity contribution is 5.91. The largest absolute Gasteiger partial charge is 0.454 e. The number of rotatable bonds is 5. The van der Waals surface area contributed by atoms with E-state index < -0.39 is 61.4 Å². The Hall–Kier alpha value is -1.92. The molecule has 172 valence electrons. The average molecular weight is 440 g/mol. The second-order valence-corrected chi connectivity index (χ2v) is 7.96. The van der Waals surface area contributed by atoms with Gasteiger partial charge in [0.2, 0.25) is 0 Å². The fourth-order valence-electron chi connectivity index (χ4n) is 4.02. The number of hydrogen-bond acceptors (Lipinski definition) is 10. The van der Waals surface area contributed by atoms with Crippen LogP contribution in [0.25, 0.3) is 0 Å². The van der Waals surface area contributed by atoms with Gasteiger partial charge in [0.15, 0.2) is 6.29 Å². The second-order valence-electron chi connectivity index (χ2n) is 7.96. The molecule has 10 heteroatoms. The standard InChI is InChI=1S/C21H28O10/c1-10-16-13(24)5-11(7-22)3-2-4-12(6-14(16)30-20(10)28)9-29-21-19(27)18(26)17(25)15(8-23)31-21/h3,6-7,13-19,21,23-27H,1-2,4-5,8-9H2. The zero-order valence-corrected chi connectivity index (χ0v) is 16.9. The number of aliphatic hydroxyl groups excluding tert-OH is 5. The van der Waals surface area contributed by atoms with Gasteiger partial charge in [0.1, 0.15) is 36.8 Å². The number of allylic oxidation sites excluding steroid dienone is 1. The first-order chi connectivity index (χ1) is 14.8. The Labute approximate surface area is 179 Å². The Morgan fingerprint density at radius 2 is 1.94 bits per heavy atom. The molecule has 10 nitrogen and oxygen atoms in total. The summed E-state index contributed by atoms with van der Waals surface area (Å²) in [6.45, 7) is 3.04. The van der Waals surface area contributed by atoms with Crippen LogP contribution in [0, 0.1) is 5.92 Å². The van der Waals surface area contributed by atoms with Crippen molar-refractivity contribution >= 4 is 12.3 Å². The molecule has 2 saturated heterocycles. The van der Waals surface area contributed by atoms with Gasteiger partial charge in [-0.3, -0.25) is 4.79 Å². The Morgan fingerprint density at radius 1 is 1.19 bits per heavy atom. The third-order valence-corrected chi connectivity index (χ3v) is 5.83. The molecular formula is C21H28O10. The molecule has 0 amide bonds. The van der Waals surface area contributed by atoms with Crippen molar-refractivity contribution in [1.29, 1.82) is 0 Å². The van der Waals surface area contributed by atoms with Crippen molar-refractivity contribution in [1.82, 2.24) is 0 Å². The van der Waals surface area contributed by atoms with E-state index in [1.54, 1.807) is 12.2 Å². The summed E-state index contributed by atoms with van der Waals surface area (Å²) in [6, 6.07) is 0. The summed E-state index contributed by atoms with van der Waals surface area (Å²) >= 11 is 0. The lowest BCUT2D eigenvalue weighted by Crippen LogP contribution is -2.59. The first kappa shape index (κ1) is 23.7. The number of aliphatic hydroxyl groups is 5. The zero-order chi connectivity index (χ0) is 22.7. The van der Waals surface area contributed by atoms with E-state index in [4.69, 9.17) is 14.2 Å². The minimum absolute atomic E-state index is 0.0743. The summed E-state index contributed by atoms with van der Waals surface area (Å²) in [4.78, 5) is 23.3. The molecule has 8 unspecified atom stereocenters. The van der Waals surface area contributed by atoms with Gasteiger partial charge in [0, 0.05) is 12.0 Å². The molecule has 0 aromatic heterocycles. The van der Waals surface area contributed by atoms with E-state index in [-0.39, 0.29) is 18.6 Å². The first-order valence-corrected chi connectivity index (χ1v) is 10.1. The molecule has 0 aromatic rings. The fourth-order valence-corrected chi connectivity index (χ4v) is 4.02. The van der Waals surface area contributed by atoms with E-state index in [1.807, 2.05) is 0 Å². The summed E-state index contributed by atoms with van der Waals surface area (Å²) in [6.07, 6.45) is -3.89. The highest BCUT2D eigenvalue weighted by Crippen LogP contribution is 2.34. The van der Waals surface area contributed by atoms with Crippen molar-refractivity contribution in [3.63, 3.8) is 0 Å². The van der Waals surface area contributed by atoms with Gasteiger partial charge in [-0.05, 0) is 30.1 Å². The van der Waals surface area contributed by atoms with Gasteiger partial charge in [0.25, 0.3) is 0 Å². The van der Waals surface area contributed by atoms with Crippen molar-refractivity contribution in [2.24, 2.45) is 5.92 Å². The number of esters is 1. The number of aldehydes is 1. The molecule has 1 aliphatic carbocycles. The van der Waals surface area contributed by atoms with E-state index >= 15 is 0 Å². The maximum Gasteiger partial charge on any atom is 0.334 e. The summed E-state index contributed by atoms with van der Waals surface area (Å²) in [5.41, 5.74) is 1.16. The summed E-state index contributed by atoms with van der Waals surface area (Å²) in [7, 11) is 0. The van der Waals surface area contributed by atoms with Crippen molar-refractivity contribution in [3.05, 3.63) is 35.5 Å². The zero-order valence-electron chi connectivity index (χ0n) is 16.9. The maximum atomic E-state index is 12.0. The van der Waals surface area contributed by atoms with E-state index in [1.165, 1.54) is 0 Å². The smallest absolute Gasteiger partial charge is 0.334 e. The second kappa shape index (κ2) is 10.1. The normalized spacial score (nSPS) is 39.3. The van der Waals surface area contributed by atoms with Gasteiger partial charge in [-0.25, -0.2) is 4.79 Å². The molecule has 31 heavy (non-hydrogen) atoms. The number of fused-ring (bicyclic) bond motifs is 1. The Balaban J connectivity index is 1.78. The average Bonchev–Trinajstić information content (AvgIpc) is 3.03. The predicted molar refractivity (Wildman–Crippen MR) is 104 cm³/mol. The van der Waals surface area contributed by atoms with E-state index in [0.29, 0.717) is 30.3 Å². The minimum atomic E-state index is -1.56. The van der Waals surface area contributed by atoms with Crippen LogP contribution in [0.5, 0.6) is 0 Å². The number of hydrogen-bond donors (Lipinski definition) is 5. The van der Waals surface area contributed by atoms with Crippen LogP contribution >= 0.6 is 0 Å². The van der Waals surface area contributed by atoms with Crippen molar-refractivity contribution in [2.75, 3.05) is 13.2 Å². The third kappa shape index (κ3) is 5.12. The number of carbonyl (C=O) groups excluding carboxylic acids is 2. The van der Waals surface area contributed by atoms with E-state index in [0.717, 1.165) is 0 Å². The van der Waals surface area contributed by atoms with Crippen LogP contribution in [0.3, 0.4) is 0 Å². The molecule has 0 saturated carbocycles. The summed E-state index contributed by atoms with van der Waals surface area (Å²) < 4.78 is 16.3. The fraction of sp³-hybridized carbons (Fsp3) is 0.619. The molecule has 2 aliphatic heterocycles. The van der Waals surface area contributed by atoms with Gasteiger partial charge >= 0.3 is 5.97 Å². The maximum absolute atomic E-state index is 12.0. The van der Waals surface area contributed by atoms with Gasteiger partial charge in [0.05, 0.1) is 25.2 Å². The Morgan fingerprint density at radius 3 is 2.61 bits per heavy atom. The molecule has 0 aromatic carbocycles. The van der Waals surface area contributed by atoms with E-state index in [9.17, 15) is 35.1 Å². The highest BCUT2D eigenvalue weighted by Gasteiger charge is 2.45. The molecule has 3 rings (SSSR count). The monoisotopic (exact) mass is 440 g/mol. The molecule has 2 fully saturated rings. The van der Waals surface area contributed by atoms with Gasteiger partial charge in [-0.2, -0.15) is 0 Å². The molecule has 0 bridgehead atoms. The first-order valence-electron chi connectivity index (χ1n) is 10.1. The van der Waals surface area contributed by atoms with Gasteiger partial charge in [-0.1, -0.05) is 12.7 Å². The summed E-state index contributed by atoms with van der Waals surface area (Å²) in [5.74, 6) is -1.36. The van der Waals surface area contributed by atoms with Crippen LogP contribution < -0.4 is 0 Å². The van der Waals surface area contributed by atoms with Crippen LogP contribution in [0.2, 0.25) is 0 Å².